The molecule has 0 spiro atoms. The van der Waals surface area contributed by atoms with Crippen molar-refractivity contribution in [2.24, 2.45) is 0 Å². The first-order valence-electron chi connectivity index (χ1n) is 5.14. The van der Waals surface area contributed by atoms with E-state index >= 15 is 0 Å². The van der Waals surface area contributed by atoms with Crippen LogP contribution >= 0.6 is 11.6 Å². The lowest BCUT2D eigenvalue weighted by atomic mass is 10.2. The normalized spacial score (nSPS) is 9.88. The standard InChI is InChI=1S/C12H15ClN2O/c1-3-4-5-9-15(2)12(16)10-7-6-8-11(13)14-10/h3,6-8H,1,4-5,9H2,2H3. The number of unbranched alkanes of at least 4 members (excludes halogenated alkanes) is 1. The summed E-state index contributed by atoms with van der Waals surface area (Å²) < 4.78 is 0. The fourth-order valence-corrected chi connectivity index (χ4v) is 1.46. The van der Waals surface area contributed by atoms with Crippen LogP contribution in [0.1, 0.15) is 23.3 Å². The summed E-state index contributed by atoms with van der Waals surface area (Å²) in [5, 5.41) is 0.338. The van der Waals surface area contributed by atoms with Crippen molar-refractivity contribution in [3.8, 4) is 0 Å². The van der Waals surface area contributed by atoms with Crippen molar-refractivity contribution in [2.75, 3.05) is 13.6 Å². The SMILES string of the molecule is C=CCCCN(C)C(=O)c1cccc(Cl)n1. The van der Waals surface area contributed by atoms with Gasteiger partial charge in [0.05, 0.1) is 0 Å². The van der Waals surface area contributed by atoms with Crippen LogP contribution < -0.4 is 0 Å². The largest absolute Gasteiger partial charge is 0.340 e. The van der Waals surface area contributed by atoms with Gasteiger partial charge in [0.25, 0.3) is 5.91 Å². The highest BCUT2D eigenvalue weighted by Crippen LogP contribution is 2.07. The molecular weight excluding hydrogens is 224 g/mol. The predicted molar refractivity (Wildman–Crippen MR) is 65.6 cm³/mol. The average molecular weight is 239 g/mol. The zero-order chi connectivity index (χ0) is 12.0. The molecule has 1 aromatic heterocycles. The van der Waals surface area contributed by atoms with Crippen LogP contribution in [0.5, 0.6) is 0 Å². The molecule has 4 heteroatoms. The average Bonchev–Trinajstić information content (AvgIpc) is 2.28. The highest BCUT2D eigenvalue weighted by Gasteiger charge is 2.12. The van der Waals surface area contributed by atoms with Gasteiger partial charge in [-0.25, -0.2) is 4.98 Å². The van der Waals surface area contributed by atoms with Crippen LogP contribution in [0.15, 0.2) is 30.9 Å². The first-order chi connectivity index (χ1) is 7.65. The zero-order valence-corrected chi connectivity index (χ0v) is 10.1. The smallest absolute Gasteiger partial charge is 0.272 e. The minimum absolute atomic E-state index is 0.105. The summed E-state index contributed by atoms with van der Waals surface area (Å²) in [5.41, 5.74) is 0.383. The third kappa shape index (κ3) is 3.66. The summed E-state index contributed by atoms with van der Waals surface area (Å²) in [6.07, 6.45) is 3.66. The van der Waals surface area contributed by atoms with Crippen LogP contribution in [-0.2, 0) is 0 Å². The second-order valence-electron chi connectivity index (χ2n) is 3.50. The molecule has 0 saturated carbocycles. The van der Waals surface area contributed by atoms with E-state index in [9.17, 15) is 4.79 Å². The van der Waals surface area contributed by atoms with Crippen molar-refractivity contribution in [2.45, 2.75) is 12.8 Å². The highest BCUT2D eigenvalue weighted by molar-refractivity contribution is 6.29. The van der Waals surface area contributed by atoms with Crippen LogP contribution in [-0.4, -0.2) is 29.4 Å². The predicted octanol–water partition coefficient (Wildman–Crippen LogP) is 2.77. The van der Waals surface area contributed by atoms with Crippen molar-refractivity contribution in [1.29, 1.82) is 0 Å². The third-order valence-electron chi connectivity index (χ3n) is 2.18. The Kier molecular flexibility index (Phi) is 4.99. The fourth-order valence-electron chi connectivity index (χ4n) is 1.30. The van der Waals surface area contributed by atoms with Gasteiger partial charge in [-0.2, -0.15) is 0 Å². The van der Waals surface area contributed by atoms with Gasteiger partial charge >= 0.3 is 0 Å². The Morgan fingerprint density at radius 1 is 1.62 bits per heavy atom. The molecule has 0 bridgehead atoms. The number of amides is 1. The van der Waals surface area contributed by atoms with Crippen LogP contribution in [0, 0.1) is 0 Å². The first kappa shape index (κ1) is 12.7. The maximum atomic E-state index is 11.9. The number of rotatable bonds is 5. The van der Waals surface area contributed by atoms with E-state index in [0.29, 0.717) is 17.4 Å². The number of hydrogen-bond donors (Lipinski definition) is 0. The second-order valence-corrected chi connectivity index (χ2v) is 3.89. The zero-order valence-electron chi connectivity index (χ0n) is 9.32. The second kappa shape index (κ2) is 6.28. The maximum absolute atomic E-state index is 11.9. The summed E-state index contributed by atoms with van der Waals surface area (Å²) in [6, 6.07) is 5.04. The number of carbonyl (C=O) groups is 1. The van der Waals surface area contributed by atoms with Crippen molar-refractivity contribution < 1.29 is 4.79 Å². The maximum Gasteiger partial charge on any atom is 0.272 e. The lowest BCUT2D eigenvalue weighted by Crippen LogP contribution is -2.28. The number of hydrogen-bond acceptors (Lipinski definition) is 2. The molecule has 0 aromatic carbocycles. The molecule has 0 aliphatic carbocycles. The minimum Gasteiger partial charge on any atom is -0.340 e. The summed E-state index contributed by atoms with van der Waals surface area (Å²) in [6.45, 7) is 4.33. The van der Waals surface area contributed by atoms with Crippen molar-refractivity contribution in [3.05, 3.63) is 41.7 Å². The van der Waals surface area contributed by atoms with Gasteiger partial charge in [0, 0.05) is 13.6 Å². The van der Waals surface area contributed by atoms with Gasteiger partial charge in [0.1, 0.15) is 10.8 Å². The summed E-state index contributed by atoms with van der Waals surface area (Å²) in [7, 11) is 1.76. The van der Waals surface area contributed by atoms with Crippen LogP contribution in [0.3, 0.4) is 0 Å². The molecule has 16 heavy (non-hydrogen) atoms. The van der Waals surface area contributed by atoms with Crippen molar-refractivity contribution in [1.82, 2.24) is 9.88 Å². The number of carbonyl (C=O) groups excluding carboxylic acids is 1. The molecule has 3 nitrogen and oxygen atoms in total. The Morgan fingerprint density at radius 3 is 3.00 bits per heavy atom. The Balaban J connectivity index is 2.59. The van der Waals surface area contributed by atoms with Gasteiger partial charge in [0.15, 0.2) is 0 Å². The lowest BCUT2D eigenvalue weighted by molar-refractivity contribution is 0.0788. The van der Waals surface area contributed by atoms with E-state index in [0.717, 1.165) is 12.8 Å². The number of halogens is 1. The number of allylic oxidation sites excluding steroid dienone is 1. The van der Waals surface area contributed by atoms with E-state index < -0.39 is 0 Å². The van der Waals surface area contributed by atoms with E-state index in [1.807, 2.05) is 6.08 Å². The monoisotopic (exact) mass is 238 g/mol. The highest BCUT2D eigenvalue weighted by atomic mass is 35.5. The quantitative estimate of drug-likeness (QED) is 0.449. The van der Waals surface area contributed by atoms with E-state index in [4.69, 9.17) is 11.6 Å². The molecule has 0 N–H and O–H groups in total. The van der Waals surface area contributed by atoms with Gasteiger partial charge in [-0.3, -0.25) is 4.79 Å². The molecule has 0 atom stereocenters. The topological polar surface area (TPSA) is 33.2 Å². The summed E-state index contributed by atoms with van der Waals surface area (Å²) >= 11 is 5.73. The first-order valence-corrected chi connectivity index (χ1v) is 5.52. The fraction of sp³-hybridized carbons (Fsp3) is 0.333. The van der Waals surface area contributed by atoms with E-state index in [1.54, 1.807) is 30.1 Å². The van der Waals surface area contributed by atoms with E-state index in [-0.39, 0.29) is 5.91 Å². The lowest BCUT2D eigenvalue weighted by Gasteiger charge is -2.16. The summed E-state index contributed by atoms with van der Waals surface area (Å²) in [4.78, 5) is 17.5. The molecular formula is C12H15ClN2O. The van der Waals surface area contributed by atoms with Crippen LogP contribution in [0.4, 0.5) is 0 Å². The number of nitrogens with zero attached hydrogens (tertiary/aromatic N) is 2. The van der Waals surface area contributed by atoms with Gasteiger partial charge in [-0.05, 0) is 25.0 Å². The van der Waals surface area contributed by atoms with Crippen molar-refractivity contribution >= 4 is 17.5 Å². The molecule has 1 heterocycles. The molecule has 0 aliphatic rings. The molecule has 1 aromatic rings. The Hall–Kier alpha value is -1.35. The van der Waals surface area contributed by atoms with Gasteiger partial charge < -0.3 is 4.90 Å². The molecule has 1 rings (SSSR count). The number of pyridine rings is 1. The molecule has 0 saturated heterocycles. The van der Waals surface area contributed by atoms with Gasteiger partial charge in [-0.15, -0.1) is 6.58 Å². The molecule has 0 unspecified atom stereocenters. The molecule has 86 valence electrons. The molecule has 0 aliphatic heterocycles. The van der Waals surface area contributed by atoms with E-state index in [2.05, 4.69) is 11.6 Å². The van der Waals surface area contributed by atoms with Gasteiger partial charge in [0.2, 0.25) is 0 Å². The van der Waals surface area contributed by atoms with Crippen LogP contribution in [0.25, 0.3) is 0 Å². The Morgan fingerprint density at radius 2 is 2.38 bits per heavy atom. The molecule has 0 radical (unpaired) electrons. The Labute approximate surface area is 101 Å². The summed E-state index contributed by atoms with van der Waals surface area (Å²) in [5.74, 6) is -0.105. The third-order valence-corrected chi connectivity index (χ3v) is 2.39. The van der Waals surface area contributed by atoms with E-state index in [1.165, 1.54) is 0 Å². The van der Waals surface area contributed by atoms with Gasteiger partial charge in [-0.1, -0.05) is 23.7 Å². The van der Waals surface area contributed by atoms with Crippen LogP contribution in [0.2, 0.25) is 5.15 Å². The minimum atomic E-state index is -0.105. The Bertz CT molecular complexity index is 379. The molecule has 0 fully saturated rings. The number of aromatic nitrogens is 1. The molecule has 1 amide bonds. The van der Waals surface area contributed by atoms with Crippen molar-refractivity contribution in [3.63, 3.8) is 0 Å².